The second-order valence-electron chi connectivity index (χ2n) is 4.95. The van der Waals surface area contributed by atoms with Crippen LogP contribution in [0.5, 0.6) is 5.75 Å². The third-order valence-corrected chi connectivity index (χ3v) is 3.04. The fourth-order valence-corrected chi connectivity index (χ4v) is 1.87. The maximum atomic E-state index is 13.4. The third-order valence-electron chi connectivity index (χ3n) is 3.04. The van der Waals surface area contributed by atoms with E-state index in [-0.39, 0.29) is 48.0 Å². The SMILES string of the molecule is Cc1ccc(CN=C(N)Nc2ccccc2OC(F)(F)F)cc1F.I. The molecule has 0 aliphatic carbocycles. The number of nitrogens with one attached hydrogen (secondary N) is 1. The number of anilines is 1. The minimum atomic E-state index is -4.82. The summed E-state index contributed by atoms with van der Waals surface area (Å²) >= 11 is 0. The van der Waals surface area contributed by atoms with Crippen LogP contribution in [-0.2, 0) is 6.54 Å². The van der Waals surface area contributed by atoms with Gasteiger partial charge in [0.15, 0.2) is 11.7 Å². The molecule has 4 nitrogen and oxygen atoms in total. The summed E-state index contributed by atoms with van der Waals surface area (Å²) < 4.78 is 54.4. The number of benzene rings is 2. The van der Waals surface area contributed by atoms with Crippen molar-refractivity contribution in [3.63, 3.8) is 0 Å². The highest BCUT2D eigenvalue weighted by Gasteiger charge is 2.32. The number of aliphatic imine (C=N–C) groups is 1. The van der Waals surface area contributed by atoms with Gasteiger partial charge in [0, 0.05) is 0 Å². The lowest BCUT2D eigenvalue weighted by molar-refractivity contribution is -0.274. The van der Waals surface area contributed by atoms with Crippen LogP contribution in [0.4, 0.5) is 23.2 Å². The molecule has 3 N–H and O–H groups in total. The van der Waals surface area contributed by atoms with Crippen molar-refractivity contribution >= 4 is 35.6 Å². The number of ether oxygens (including phenoxy) is 1. The Morgan fingerprint density at radius 3 is 2.52 bits per heavy atom. The van der Waals surface area contributed by atoms with Gasteiger partial charge in [-0.05, 0) is 36.2 Å². The molecule has 0 unspecified atom stereocenters. The van der Waals surface area contributed by atoms with Gasteiger partial charge in [0.05, 0.1) is 12.2 Å². The average Bonchev–Trinajstić information content (AvgIpc) is 2.49. The van der Waals surface area contributed by atoms with E-state index in [0.717, 1.165) is 6.07 Å². The van der Waals surface area contributed by atoms with Gasteiger partial charge in [-0.3, -0.25) is 0 Å². The van der Waals surface area contributed by atoms with Crippen LogP contribution in [0.25, 0.3) is 0 Å². The first-order valence-corrected chi connectivity index (χ1v) is 6.91. The molecule has 0 saturated heterocycles. The number of nitrogens with zero attached hydrogens (tertiary/aromatic N) is 1. The van der Waals surface area contributed by atoms with Crippen molar-refractivity contribution < 1.29 is 22.3 Å². The lowest BCUT2D eigenvalue weighted by Gasteiger charge is -2.14. The Morgan fingerprint density at radius 1 is 1.20 bits per heavy atom. The zero-order chi connectivity index (χ0) is 17.7. The fourth-order valence-electron chi connectivity index (χ4n) is 1.87. The van der Waals surface area contributed by atoms with E-state index in [1.807, 2.05) is 0 Å². The van der Waals surface area contributed by atoms with Gasteiger partial charge in [-0.15, -0.1) is 37.1 Å². The van der Waals surface area contributed by atoms with Crippen molar-refractivity contribution in [2.24, 2.45) is 10.7 Å². The molecule has 9 heteroatoms. The van der Waals surface area contributed by atoms with E-state index in [2.05, 4.69) is 15.0 Å². The van der Waals surface area contributed by atoms with Gasteiger partial charge in [-0.25, -0.2) is 9.38 Å². The Hall–Kier alpha value is -2.04. The number of nitrogens with two attached hydrogens (primary N) is 1. The van der Waals surface area contributed by atoms with Gasteiger partial charge < -0.3 is 15.8 Å². The predicted molar refractivity (Wildman–Crippen MR) is 98.6 cm³/mol. The summed E-state index contributed by atoms with van der Waals surface area (Å²) in [5.41, 5.74) is 6.77. The van der Waals surface area contributed by atoms with Crippen LogP contribution in [0.2, 0.25) is 0 Å². The molecule has 2 aromatic rings. The molecule has 0 amide bonds. The molecule has 0 radical (unpaired) electrons. The van der Waals surface area contributed by atoms with Crippen molar-refractivity contribution in [1.82, 2.24) is 0 Å². The normalized spacial score (nSPS) is 11.6. The summed E-state index contributed by atoms with van der Waals surface area (Å²) in [6, 6.07) is 10.1. The van der Waals surface area contributed by atoms with Crippen molar-refractivity contribution in [1.29, 1.82) is 0 Å². The van der Waals surface area contributed by atoms with Crippen LogP contribution in [-0.4, -0.2) is 12.3 Å². The summed E-state index contributed by atoms with van der Waals surface area (Å²) in [5, 5.41) is 2.54. The minimum absolute atomic E-state index is 0. The van der Waals surface area contributed by atoms with Crippen molar-refractivity contribution in [2.45, 2.75) is 19.8 Å². The molecule has 0 aliphatic rings. The number of halogens is 5. The molecule has 0 aliphatic heterocycles. The second-order valence-corrected chi connectivity index (χ2v) is 4.95. The van der Waals surface area contributed by atoms with Gasteiger partial charge in [0.2, 0.25) is 0 Å². The molecule has 0 spiro atoms. The zero-order valence-corrected chi connectivity index (χ0v) is 15.4. The van der Waals surface area contributed by atoms with Crippen LogP contribution >= 0.6 is 24.0 Å². The molecule has 0 atom stereocenters. The average molecular weight is 469 g/mol. The Morgan fingerprint density at radius 2 is 1.88 bits per heavy atom. The van der Waals surface area contributed by atoms with Crippen LogP contribution in [0.1, 0.15) is 11.1 Å². The molecule has 0 saturated carbocycles. The topological polar surface area (TPSA) is 59.6 Å². The lowest BCUT2D eigenvalue weighted by atomic mass is 10.1. The lowest BCUT2D eigenvalue weighted by Crippen LogP contribution is -2.24. The van der Waals surface area contributed by atoms with Gasteiger partial charge in [0.1, 0.15) is 5.82 Å². The number of rotatable bonds is 4. The zero-order valence-electron chi connectivity index (χ0n) is 13.1. The van der Waals surface area contributed by atoms with E-state index < -0.39 is 12.1 Å². The number of hydrogen-bond donors (Lipinski definition) is 2. The first kappa shape index (κ1) is 21.0. The molecule has 0 bridgehead atoms. The van der Waals surface area contributed by atoms with Crippen LogP contribution in [0.3, 0.4) is 0 Å². The largest absolute Gasteiger partial charge is 0.573 e. The molecule has 2 aromatic carbocycles. The third kappa shape index (κ3) is 6.77. The van der Waals surface area contributed by atoms with E-state index in [4.69, 9.17) is 5.73 Å². The summed E-state index contributed by atoms with van der Waals surface area (Å²) in [6.45, 7) is 1.72. The molecule has 25 heavy (non-hydrogen) atoms. The van der Waals surface area contributed by atoms with E-state index in [1.165, 1.54) is 24.3 Å². The minimum Gasteiger partial charge on any atom is -0.404 e. The molecule has 2 rings (SSSR count). The Balaban J connectivity index is 0.00000312. The maximum Gasteiger partial charge on any atom is 0.573 e. The highest BCUT2D eigenvalue weighted by atomic mass is 127. The van der Waals surface area contributed by atoms with E-state index in [1.54, 1.807) is 19.1 Å². The molecule has 0 fully saturated rings. The number of alkyl halides is 3. The van der Waals surface area contributed by atoms with Crippen LogP contribution in [0, 0.1) is 12.7 Å². The highest BCUT2D eigenvalue weighted by Crippen LogP contribution is 2.29. The van der Waals surface area contributed by atoms with Gasteiger partial charge in [-0.2, -0.15) is 0 Å². The summed E-state index contributed by atoms with van der Waals surface area (Å²) in [4.78, 5) is 3.98. The van der Waals surface area contributed by atoms with Gasteiger partial charge in [-0.1, -0.05) is 24.3 Å². The van der Waals surface area contributed by atoms with Crippen LogP contribution in [0.15, 0.2) is 47.5 Å². The first-order chi connectivity index (χ1) is 11.2. The second kappa shape index (κ2) is 8.88. The standard InChI is InChI=1S/C16H15F4N3O.HI/c1-10-6-7-11(8-12(10)17)9-22-15(21)23-13-4-2-3-5-14(13)24-16(18,19)20;/h2-8H,9H2,1H3,(H3,21,22,23);1H. The molecule has 0 heterocycles. The molecule has 136 valence electrons. The van der Waals surface area contributed by atoms with Crippen molar-refractivity contribution in [3.05, 3.63) is 59.4 Å². The monoisotopic (exact) mass is 469 g/mol. The number of hydrogen-bond acceptors (Lipinski definition) is 2. The summed E-state index contributed by atoms with van der Waals surface area (Å²) in [5.74, 6) is -0.906. The number of para-hydroxylation sites is 2. The van der Waals surface area contributed by atoms with E-state index in [9.17, 15) is 17.6 Å². The van der Waals surface area contributed by atoms with Gasteiger partial charge in [0.25, 0.3) is 0 Å². The quantitative estimate of drug-likeness (QED) is 0.299. The number of guanidine groups is 1. The van der Waals surface area contributed by atoms with Crippen LogP contribution < -0.4 is 15.8 Å². The smallest absolute Gasteiger partial charge is 0.404 e. The molecular formula is C16H16F4IN3O. The van der Waals surface area contributed by atoms with Crippen molar-refractivity contribution in [3.8, 4) is 5.75 Å². The summed E-state index contributed by atoms with van der Waals surface area (Å²) in [6.07, 6.45) is -4.82. The Labute approximate surface area is 159 Å². The number of aryl methyl sites for hydroxylation is 1. The van der Waals surface area contributed by atoms with Gasteiger partial charge >= 0.3 is 6.36 Å². The summed E-state index contributed by atoms with van der Waals surface area (Å²) in [7, 11) is 0. The first-order valence-electron chi connectivity index (χ1n) is 6.91. The molecule has 0 aromatic heterocycles. The highest BCUT2D eigenvalue weighted by molar-refractivity contribution is 14.0. The molecular weight excluding hydrogens is 453 g/mol. The fraction of sp³-hybridized carbons (Fsp3) is 0.188. The van der Waals surface area contributed by atoms with E-state index >= 15 is 0 Å². The Kier molecular flexibility index (Phi) is 7.46. The van der Waals surface area contributed by atoms with E-state index in [0.29, 0.717) is 11.1 Å². The predicted octanol–water partition coefficient (Wildman–Crippen LogP) is 4.58. The van der Waals surface area contributed by atoms with Crippen molar-refractivity contribution in [2.75, 3.05) is 5.32 Å². The Bertz CT molecular complexity index is 750. The maximum absolute atomic E-state index is 13.4.